The molecular formula is C14H20BrFN2O2S. The third kappa shape index (κ3) is 3.47. The predicted octanol–water partition coefficient (Wildman–Crippen LogP) is 2.90. The van der Waals surface area contributed by atoms with Crippen LogP contribution in [0.2, 0.25) is 0 Å². The first-order valence-corrected chi connectivity index (χ1v) is 9.15. The molecule has 21 heavy (non-hydrogen) atoms. The molecule has 2 rings (SSSR count). The Morgan fingerprint density at radius 1 is 1.48 bits per heavy atom. The molecule has 1 saturated carbocycles. The van der Waals surface area contributed by atoms with Crippen LogP contribution in [0.25, 0.3) is 0 Å². The van der Waals surface area contributed by atoms with Crippen LogP contribution in [0.5, 0.6) is 0 Å². The number of hydrogen-bond acceptors (Lipinski definition) is 3. The minimum absolute atomic E-state index is 0.0529. The van der Waals surface area contributed by atoms with E-state index < -0.39 is 15.8 Å². The Bertz CT molecular complexity index is 647. The van der Waals surface area contributed by atoms with Crippen molar-refractivity contribution in [1.82, 2.24) is 4.72 Å². The molecule has 1 fully saturated rings. The standard InChI is InChI=1S/C14H20BrFN2O2S/c1-14(2)5-3-4-12(14)18-21(19,20)11-7-10(15)6-9(8-17)13(11)16/h6-7,12,18H,3-5,8,17H2,1-2H3. The second-order valence-electron chi connectivity index (χ2n) is 6.14. The van der Waals surface area contributed by atoms with Crippen LogP contribution in [0, 0.1) is 11.2 Å². The van der Waals surface area contributed by atoms with E-state index in [-0.39, 0.29) is 28.5 Å². The third-order valence-corrected chi connectivity index (χ3v) is 6.07. The Hall–Kier alpha value is -0.500. The molecule has 1 unspecified atom stereocenters. The molecule has 118 valence electrons. The van der Waals surface area contributed by atoms with Crippen LogP contribution in [-0.2, 0) is 16.6 Å². The van der Waals surface area contributed by atoms with Crippen molar-refractivity contribution >= 4 is 26.0 Å². The molecular weight excluding hydrogens is 359 g/mol. The molecule has 1 atom stereocenters. The normalized spacial score (nSPS) is 21.7. The van der Waals surface area contributed by atoms with E-state index in [1.807, 2.05) is 13.8 Å². The summed E-state index contributed by atoms with van der Waals surface area (Å²) in [6, 6.07) is 2.59. The average Bonchev–Trinajstić information content (AvgIpc) is 2.70. The zero-order valence-corrected chi connectivity index (χ0v) is 14.5. The van der Waals surface area contributed by atoms with Gasteiger partial charge in [-0.2, -0.15) is 0 Å². The van der Waals surface area contributed by atoms with Crippen LogP contribution in [0.3, 0.4) is 0 Å². The highest BCUT2D eigenvalue weighted by molar-refractivity contribution is 9.10. The van der Waals surface area contributed by atoms with Gasteiger partial charge in [-0.05, 0) is 30.4 Å². The molecule has 0 spiro atoms. The maximum Gasteiger partial charge on any atom is 0.243 e. The summed E-state index contributed by atoms with van der Waals surface area (Å²) in [4.78, 5) is -0.347. The third-order valence-electron chi connectivity index (χ3n) is 4.14. The summed E-state index contributed by atoms with van der Waals surface area (Å²) in [6.45, 7) is 3.99. The molecule has 0 heterocycles. The Labute approximate surface area is 133 Å². The highest BCUT2D eigenvalue weighted by Crippen LogP contribution is 2.38. The van der Waals surface area contributed by atoms with E-state index in [9.17, 15) is 12.8 Å². The lowest BCUT2D eigenvalue weighted by Gasteiger charge is -2.27. The first kappa shape index (κ1) is 16.9. The monoisotopic (exact) mass is 378 g/mol. The Kier molecular flexibility index (Phi) is 4.78. The van der Waals surface area contributed by atoms with E-state index in [1.54, 1.807) is 0 Å². The van der Waals surface area contributed by atoms with Crippen LogP contribution in [0.1, 0.15) is 38.7 Å². The maximum absolute atomic E-state index is 14.3. The number of nitrogens with two attached hydrogens (primary N) is 1. The molecule has 3 N–H and O–H groups in total. The SMILES string of the molecule is CC1(C)CCCC1NS(=O)(=O)c1cc(Br)cc(CN)c1F. The second kappa shape index (κ2) is 5.95. The van der Waals surface area contributed by atoms with Gasteiger partial charge >= 0.3 is 0 Å². The predicted molar refractivity (Wildman–Crippen MR) is 83.7 cm³/mol. The summed E-state index contributed by atoms with van der Waals surface area (Å²) in [5.41, 5.74) is 5.52. The summed E-state index contributed by atoms with van der Waals surface area (Å²) in [7, 11) is -3.91. The minimum Gasteiger partial charge on any atom is -0.326 e. The van der Waals surface area contributed by atoms with Gasteiger partial charge in [0, 0.05) is 22.6 Å². The van der Waals surface area contributed by atoms with Crippen LogP contribution in [0.15, 0.2) is 21.5 Å². The summed E-state index contributed by atoms with van der Waals surface area (Å²) in [5, 5.41) is 0. The van der Waals surface area contributed by atoms with E-state index >= 15 is 0 Å². The molecule has 1 aromatic rings. The van der Waals surface area contributed by atoms with Crippen molar-refractivity contribution in [1.29, 1.82) is 0 Å². The van der Waals surface area contributed by atoms with Crippen LogP contribution in [-0.4, -0.2) is 14.5 Å². The Morgan fingerprint density at radius 3 is 2.67 bits per heavy atom. The number of hydrogen-bond donors (Lipinski definition) is 2. The summed E-state index contributed by atoms with van der Waals surface area (Å²) in [5.74, 6) is -0.774. The first-order valence-electron chi connectivity index (χ1n) is 6.88. The van der Waals surface area contributed by atoms with E-state index in [2.05, 4.69) is 20.7 Å². The number of halogens is 2. The number of rotatable bonds is 4. The lowest BCUT2D eigenvalue weighted by Crippen LogP contribution is -2.41. The zero-order chi connectivity index (χ0) is 15.8. The molecule has 4 nitrogen and oxygen atoms in total. The lowest BCUT2D eigenvalue weighted by molar-refractivity contribution is 0.312. The van der Waals surface area contributed by atoms with Crippen molar-refractivity contribution in [2.45, 2.75) is 50.6 Å². The molecule has 1 aliphatic carbocycles. The molecule has 0 amide bonds. The number of benzene rings is 1. The van der Waals surface area contributed by atoms with Gasteiger partial charge in [-0.3, -0.25) is 0 Å². The van der Waals surface area contributed by atoms with Gasteiger partial charge in [0.2, 0.25) is 10.0 Å². The zero-order valence-electron chi connectivity index (χ0n) is 12.1. The fraction of sp³-hybridized carbons (Fsp3) is 0.571. The van der Waals surface area contributed by atoms with Crippen molar-refractivity contribution < 1.29 is 12.8 Å². The van der Waals surface area contributed by atoms with E-state index in [1.165, 1.54) is 12.1 Å². The summed E-state index contributed by atoms with van der Waals surface area (Å²) < 4.78 is 42.5. The molecule has 7 heteroatoms. The van der Waals surface area contributed by atoms with Gasteiger partial charge in [-0.1, -0.05) is 36.2 Å². The van der Waals surface area contributed by atoms with Gasteiger partial charge in [-0.25, -0.2) is 17.5 Å². The number of sulfonamides is 1. The fourth-order valence-corrected chi connectivity index (χ4v) is 5.00. The van der Waals surface area contributed by atoms with E-state index in [4.69, 9.17) is 5.73 Å². The van der Waals surface area contributed by atoms with Gasteiger partial charge in [0.05, 0.1) is 0 Å². The first-order chi connectivity index (χ1) is 9.67. The van der Waals surface area contributed by atoms with Crippen LogP contribution < -0.4 is 10.5 Å². The Morgan fingerprint density at radius 2 is 2.14 bits per heavy atom. The van der Waals surface area contributed by atoms with Gasteiger partial charge in [0.15, 0.2) is 0 Å². The molecule has 0 bridgehead atoms. The second-order valence-corrected chi connectivity index (χ2v) is 8.73. The highest BCUT2D eigenvalue weighted by atomic mass is 79.9. The van der Waals surface area contributed by atoms with Crippen molar-refractivity contribution in [3.63, 3.8) is 0 Å². The van der Waals surface area contributed by atoms with Crippen LogP contribution in [0.4, 0.5) is 4.39 Å². The smallest absolute Gasteiger partial charge is 0.243 e. The van der Waals surface area contributed by atoms with Crippen molar-refractivity contribution in [2.24, 2.45) is 11.1 Å². The molecule has 1 aromatic carbocycles. The topological polar surface area (TPSA) is 72.2 Å². The highest BCUT2D eigenvalue weighted by Gasteiger charge is 2.38. The van der Waals surface area contributed by atoms with Crippen molar-refractivity contribution in [3.05, 3.63) is 28.0 Å². The van der Waals surface area contributed by atoms with E-state index in [0.29, 0.717) is 4.47 Å². The molecule has 0 saturated heterocycles. The largest absolute Gasteiger partial charge is 0.326 e. The molecule has 0 aromatic heterocycles. The fourth-order valence-electron chi connectivity index (χ4n) is 2.76. The number of nitrogens with one attached hydrogen (secondary N) is 1. The van der Waals surface area contributed by atoms with E-state index in [0.717, 1.165) is 19.3 Å². The van der Waals surface area contributed by atoms with Crippen molar-refractivity contribution in [2.75, 3.05) is 0 Å². The van der Waals surface area contributed by atoms with Gasteiger partial charge in [-0.15, -0.1) is 0 Å². The summed E-state index contributed by atoms with van der Waals surface area (Å²) in [6.07, 6.45) is 2.69. The molecule has 0 radical (unpaired) electrons. The van der Waals surface area contributed by atoms with Crippen LogP contribution >= 0.6 is 15.9 Å². The quantitative estimate of drug-likeness (QED) is 0.845. The maximum atomic E-state index is 14.3. The molecule has 1 aliphatic rings. The van der Waals surface area contributed by atoms with Gasteiger partial charge in [0.25, 0.3) is 0 Å². The summed E-state index contributed by atoms with van der Waals surface area (Å²) >= 11 is 3.20. The Balaban J connectivity index is 2.38. The molecule has 0 aliphatic heterocycles. The van der Waals surface area contributed by atoms with Crippen molar-refractivity contribution in [3.8, 4) is 0 Å². The average molecular weight is 379 g/mol. The minimum atomic E-state index is -3.91. The van der Waals surface area contributed by atoms with Gasteiger partial charge < -0.3 is 5.73 Å². The van der Waals surface area contributed by atoms with Gasteiger partial charge in [0.1, 0.15) is 10.7 Å². The lowest BCUT2D eigenvalue weighted by atomic mass is 9.88.